The zero-order chi connectivity index (χ0) is 21.6. The fourth-order valence-electron chi connectivity index (χ4n) is 3.96. The lowest BCUT2D eigenvalue weighted by Gasteiger charge is -2.28. The second-order valence-corrected chi connectivity index (χ2v) is 8.03. The Bertz CT molecular complexity index is 1160. The van der Waals surface area contributed by atoms with Gasteiger partial charge in [0.2, 0.25) is 5.95 Å². The molecule has 1 aliphatic heterocycles. The number of rotatable bonds is 7. The van der Waals surface area contributed by atoms with Gasteiger partial charge in [-0.15, -0.1) is 0 Å². The van der Waals surface area contributed by atoms with Gasteiger partial charge in [-0.25, -0.2) is 9.97 Å². The van der Waals surface area contributed by atoms with Crippen LogP contribution in [0.3, 0.4) is 0 Å². The second-order valence-electron chi connectivity index (χ2n) is 8.03. The first-order valence-electron chi connectivity index (χ1n) is 11.0. The van der Waals surface area contributed by atoms with Crippen LogP contribution in [-0.2, 0) is 26.1 Å². The Balaban J connectivity index is 1.19. The molecule has 5 rings (SSSR count). The molecule has 0 aliphatic carbocycles. The second kappa shape index (κ2) is 9.62. The lowest BCUT2D eigenvalue weighted by molar-refractivity contribution is 0.243. The van der Waals surface area contributed by atoms with E-state index in [2.05, 4.69) is 51.6 Å². The van der Waals surface area contributed by atoms with Crippen molar-refractivity contribution in [3.63, 3.8) is 0 Å². The van der Waals surface area contributed by atoms with Gasteiger partial charge < -0.3 is 10.1 Å². The molecule has 3 aromatic carbocycles. The summed E-state index contributed by atoms with van der Waals surface area (Å²) in [5, 5.41) is 3.36. The topological polar surface area (TPSA) is 50.3 Å². The van der Waals surface area contributed by atoms with Crippen LogP contribution in [0, 0.1) is 0 Å². The number of anilines is 1. The molecule has 160 valence electrons. The number of hydrogen-bond donors (Lipinski definition) is 1. The van der Waals surface area contributed by atoms with Gasteiger partial charge in [0.15, 0.2) is 0 Å². The van der Waals surface area contributed by atoms with Crippen molar-refractivity contribution in [1.82, 2.24) is 14.9 Å². The van der Waals surface area contributed by atoms with Gasteiger partial charge in [0, 0.05) is 44.4 Å². The van der Waals surface area contributed by atoms with Crippen LogP contribution in [0.4, 0.5) is 5.95 Å². The van der Waals surface area contributed by atoms with Crippen LogP contribution in [0.1, 0.15) is 22.4 Å². The molecule has 0 bridgehead atoms. The molecule has 0 saturated carbocycles. The van der Waals surface area contributed by atoms with E-state index >= 15 is 0 Å². The Morgan fingerprint density at radius 1 is 0.844 bits per heavy atom. The maximum atomic E-state index is 5.93. The number of benzene rings is 3. The van der Waals surface area contributed by atoms with Crippen molar-refractivity contribution in [1.29, 1.82) is 0 Å². The third kappa shape index (κ3) is 5.13. The summed E-state index contributed by atoms with van der Waals surface area (Å²) in [5.74, 6) is 2.33. The average molecular weight is 423 g/mol. The molecule has 0 atom stereocenters. The van der Waals surface area contributed by atoms with Gasteiger partial charge in [-0.2, -0.15) is 0 Å². The number of nitrogens with zero attached hydrogens (tertiary/aromatic N) is 3. The molecule has 2 heterocycles. The molecule has 1 N–H and O–H groups in total. The summed E-state index contributed by atoms with van der Waals surface area (Å²) in [7, 11) is 0. The smallest absolute Gasteiger partial charge is 0.223 e. The number of fused-ring (bicyclic) bond motifs is 1. The lowest BCUT2D eigenvalue weighted by Crippen LogP contribution is -2.31. The number of hydrogen-bond acceptors (Lipinski definition) is 5. The number of nitrogens with one attached hydrogen (secondary N) is 1. The highest BCUT2D eigenvalue weighted by molar-refractivity contribution is 5.37. The molecular weight excluding hydrogens is 396 g/mol. The van der Waals surface area contributed by atoms with E-state index in [0.717, 1.165) is 48.8 Å². The fraction of sp³-hybridized carbons (Fsp3) is 0.185. The van der Waals surface area contributed by atoms with Crippen molar-refractivity contribution in [2.45, 2.75) is 26.1 Å². The van der Waals surface area contributed by atoms with Gasteiger partial charge in [0.05, 0.1) is 5.69 Å². The van der Waals surface area contributed by atoms with Crippen molar-refractivity contribution >= 4 is 5.95 Å². The van der Waals surface area contributed by atoms with Crippen molar-refractivity contribution in [2.75, 3.05) is 11.9 Å². The monoisotopic (exact) mass is 422 g/mol. The number of aromatic nitrogens is 2. The largest absolute Gasteiger partial charge is 0.457 e. The van der Waals surface area contributed by atoms with Gasteiger partial charge in [-0.1, -0.05) is 60.7 Å². The Morgan fingerprint density at radius 2 is 1.59 bits per heavy atom. The number of para-hydroxylation sites is 1. The van der Waals surface area contributed by atoms with E-state index in [1.807, 2.05) is 54.7 Å². The minimum absolute atomic E-state index is 0.644. The molecule has 5 heteroatoms. The molecule has 0 unspecified atom stereocenters. The predicted octanol–water partition coefficient (Wildman–Crippen LogP) is 5.44. The highest BCUT2D eigenvalue weighted by atomic mass is 16.5. The minimum Gasteiger partial charge on any atom is -0.457 e. The van der Waals surface area contributed by atoms with Crippen molar-refractivity contribution in [3.05, 3.63) is 114 Å². The molecule has 0 fully saturated rings. The molecule has 0 saturated heterocycles. The molecule has 0 amide bonds. The van der Waals surface area contributed by atoms with E-state index in [9.17, 15) is 0 Å². The van der Waals surface area contributed by atoms with Gasteiger partial charge >= 0.3 is 0 Å². The zero-order valence-corrected chi connectivity index (χ0v) is 17.9. The van der Waals surface area contributed by atoms with E-state index in [1.165, 1.54) is 11.1 Å². The van der Waals surface area contributed by atoms with Crippen molar-refractivity contribution in [3.8, 4) is 11.5 Å². The highest BCUT2D eigenvalue weighted by Gasteiger charge is 2.18. The Morgan fingerprint density at radius 3 is 2.44 bits per heavy atom. The first kappa shape index (κ1) is 20.2. The van der Waals surface area contributed by atoms with Crippen molar-refractivity contribution in [2.24, 2.45) is 0 Å². The van der Waals surface area contributed by atoms with Crippen LogP contribution < -0.4 is 10.1 Å². The number of ether oxygens (including phenoxy) is 1. The maximum absolute atomic E-state index is 5.93. The third-order valence-electron chi connectivity index (χ3n) is 5.59. The van der Waals surface area contributed by atoms with E-state index in [0.29, 0.717) is 12.5 Å². The average Bonchev–Trinajstić information content (AvgIpc) is 2.84. The van der Waals surface area contributed by atoms with Gasteiger partial charge in [-0.05, 0) is 35.4 Å². The van der Waals surface area contributed by atoms with Crippen LogP contribution in [-0.4, -0.2) is 21.4 Å². The lowest BCUT2D eigenvalue weighted by atomic mass is 10.1. The van der Waals surface area contributed by atoms with E-state index in [1.54, 1.807) is 0 Å². The standard InChI is InChI=1S/C27H26N4O/c1-3-8-21(9-4-1)19-31-15-14-26-23(20-31)18-29-27(30-26)28-17-22-10-7-13-25(16-22)32-24-11-5-2-6-12-24/h1-13,16,18H,14-15,17,19-20H2,(H,28,29,30). The Hall–Kier alpha value is -3.70. The molecule has 32 heavy (non-hydrogen) atoms. The normalized spacial score (nSPS) is 13.4. The van der Waals surface area contributed by atoms with Gasteiger partial charge in [0.1, 0.15) is 11.5 Å². The first-order chi connectivity index (χ1) is 15.8. The molecule has 1 aromatic heterocycles. The molecule has 4 aromatic rings. The minimum atomic E-state index is 0.644. The maximum Gasteiger partial charge on any atom is 0.223 e. The molecule has 1 aliphatic rings. The van der Waals surface area contributed by atoms with Crippen LogP contribution >= 0.6 is 0 Å². The summed E-state index contributed by atoms with van der Waals surface area (Å²) < 4.78 is 5.93. The van der Waals surface area contributed by atoms with E-state index in [4.69, 9.17) is 9.72 Å². The summed E-state index contributed by atoms with van der Waals surface area (Å²) in [6.45, 7) is 3.51. The Labute approximate surface area is 188 Å². The first-order valence-corrected chi connectivity index (χ1v) is 11.0. The molecule has 0 radical (unpaired) electrons. The predicted molar refractivity (Wildman–Crippen MR) is 127 cm³/mol. The molecular formula is C27H26N4O. The molecule has 0 spiro atoms. The third-order valence-corrected chi connectivity index (χ3v) is 5.59. The summed E-state index contributed by atoms with van der Waals surface area (Å²) in [6, 6.07) is 28.5. The zero-order valence-electron chi connectivity index (χ0n) is 17.9. The van der Waals surface area contributed by atoms with Gasteiger partial charge in [-0.3, -0.25) is 4.90 Å². The fourth-order valence-corrected chi connectivity index (χ4v) is 3.96. The summed E-state index contributed by atoms with van der Waals surface area (Å²) in [4.78, 5) is 11.8. The SMILES string of the molecule is c1ccc(CN2CCc3nc(NCc4cccc(Oc5ccccc5)c4)ncc3C2)cc1. The summed E-state index contributed by atoms with van der Waals surface area (Å²) in [6.07, 6.45) is 2.91. The summed E-state index contributed by atoms with van der Waals surface area (Å²) in [5.41, 5.74) is 4.83. The Kier molecular flexibility index (Phi) is 6.08. The van der Waals surface area contributed by atoms with Crippen LogP contribution in [0.2, 0.25) is 0 Å². The highest BCUT2D eigenvalue weighted by Crippen LogP contribution is 2.23. The summed E-state index contributed by atoms with van der Waals surface area (Å²) >= 11 is 0. The van der Waals surface area contributed by atoms with E-state index in [-0.39, 0.29) is 0 Å². The van der Waals surface area contributed by atoms with Crippen LogP contribution in [0.15, 0.2) is 91.1 Å². The van der Waals surface area contributed by atoms with Crippen LogP contribution in [0.5, 0.6) is 11.5 Å². The van der Waals surface area contributed by atoms with Crippen LogP contribution in [0.25, 0.3) is 0 Å². The van der Waals surface area contributed by atoms with Crippen molar-refractivity contribution < 1.29 is 4.74 Å². The molecule has 5 nitrogen and oxygen atoms in total. The van der Waals surface area contributed by atoms with Gasteiger partial charge in [0.25, 0.3) is 0 Å². The van der Waals surface area contributed by atoms with E-state index < -0.39 is 0 Å². The quantitative estimate of drug-likeness (QED) is 0.430.